The van der Waals surface area contributed by atoms with E-state index in [0.29, 0.717) is 5.82 Å². The number of anilines is 1. The largest absolute Gasteiger partial charge is 0.376 e. The maximum absolute atomic E-state index is 11.3. The number of ether oxygens (including phenoxy) is 1. The number of H-pyrrole nitrogens is 1. The Labute approximate surface area is 87.9 Å². The second-order valence-electron chi connectivity index (χ2n) is 3.75. The highest BCUT2D eigenvalue weighted by molar-refractivity contribution is 5.31. The molecule has 0 aliphatic carbocycles. The maximum Gasteiger partial charge on any atom is 0.290 e. The summed E-state index contributed by atoms with van der Waals surface area (Å²) in [6.07, 6.45) is 5.40. The van der Waals surface area contributed by atoms with Gasteiger partial charge in [0.2, 0.25) is 0 Å². The first-order valence-electron chi connectivity index (χ1n) is 5.19. The standard InChI is InChI=1S/C10H15N3O2/c1-7(8-3-2-6-15-8)13-9-10(14)12-5-4-11-9/h4-5,7-8H,2-3,6H2,1H3,(H,11,13)(H,12,14). The van der Waals surface area contributed by atoms with Crippen LogP contribution in [0.4, 0.5) is 5.82 Å². The van der Waals surface area contributed by atoms with Crippen LogP contribution in [0.1, 0.15) is 19.8 Å². The van der Waals surface area contributed by atoms with Gasteiger partial charge in [-0.2, -0.15) is 0 Å². The molecule has 0 bridgehead atoms. The summed E-state index contributed by atoms with van der Waals surface area (Å²) in [6, 6.07) is 0.114. The van der Waals surface area contributed by atoms with Gasteiger partial charge in [0, 0.05) is 19.0 Å². The number of nitrogens with one attached hydrogen (secondary N) is 2. The Hall–Kier alpha value is -1.36. The molecule has 1 saturated heterocycles. The molecule has 2 unspecified atom stereocenters. The van der Waals surface area contributed by atoms with E-state index in [1.807, 2.05) is 6.92 Å². The van der Waals surface area contributed by atoms with Crippen LogP contribution in [-0.2, 0) is 4.74 Å². The highest BCUT2D eigenvalue weighted by atomic mass is 16.5. The van der Waals surface area contributed by atoms with E-state index in [-0.39, 0.29) is 17.7 Å². The van der Waals surface area contributed by atoms with Gasteiger partial charge in [-0.3, -0.25) is 4.79 Å². The van der Waals surface area contributed by atoms with Crippen molar-refractivity contribution in [2.75, 3.05) is 11.9 Å². The molecule has 2 atom stereocenters. The summed E-state index contributed by atoms with van der Waals surface area (Å²) in [5.74, 6) is 0.362. The quantitative estimate of drug-likeness (QED) is 0.770. The Balaban J connectivity index is 2.02. The minimum absolute atomic E-state index is 0.114. The van der Waals surface area contributed by atoms with Gasteiger partial charge in [0.15, 0.2) is 5.82 Å². The SMILES string of the molecule is CC(Nc1ncc[nH]c1=O)C1CCCO1. The number of aromatic nitrogens is 2. The highest BCUT2D eigenvalue weighted by Gasteiger charge is 2.22. The number of rotatable bonds is 3. The van der Waals surface area contributed by atoms with E-state index in [4.69, 9.17) is 4.74 Å². The van der Waals surface area contributed by atoms with Crippen molar-refractivity contribution in [3.05, 3.63) is 22.7 Å². The summed E-state index contributed by atoms with van der Waals surface area (Å²) in [4.78, 5) is 17.9. The van der Waals surface area contributed by atoms with Crippen molar-refractivity contribution in [1.29, 1.82) is 0 Å². The lowest BCUT2D eigenvalue weighted by Crippen LogP contribution is -2.32. The minimum atomic E-state index is -0.192. The third-order valence-corrected chi connectivity index (χ3v) is 2.59. The molecule has 1 fully saturated rings. The van der Waals surface area contributed by atoms with Crippen molar-refractivity contribution < 1.29 is 4.74 Å². The fourth-order valence-electron chi connectivity index (χ4n) is 1.76. The summed E-state index contributed by atoms with van der Waals surface area (Å²) in [6.45, 7) is 2.82. The zero-order chi connectivity index (χ0) is 10.7. The molecule has 2 heterocycles. The summed E-state index contributed by atoms with van der Waals surface area (Å²) >= 11 is 0. The van der Waals surface area contributed by atoms with Crippen LogP contribution in [0.2, 0.25) is 0 Å². The molecule has 0 amide bonds. The van der Waals surface area contributed by atoms with Gasteiger partial charge in [0.25, 0.3) is 5.56 Å². The van der Waals surface area contributed by atoms with Gasteiger partial charge in [0.1, 0.15) is 0 Å². The van der Waals surface area contributed by atoms with E-state index in [1.165, 1.54) is 6.20 Å². The molecule has 1 aromatic rings. The minimum Gasteiger partial charge on any atom is -0.376 e. The Kier molecular flexibility index (Phi) is 3.01. The van der Waals surface area contributed by atoms with Crippen molar-refractivity contribution in [1.82, 2.24) is 9.97 Å². The van der Waals surface area contributed by atoms with Crippen LogP contribution in [0.15, 0.2) is 17.2 Å². The zero-order valence-electron chi connectivity index (χ0n) is 8.69. The Morgan fingerprint density at radius 3 is 3.27 bits per heavy atom. The number of aromatic amines is 1. The lowest BCUT2D eigenvalue weighted by molar-refractivity contribution is 0.0995. The monoisotopic (exact) mass is 209 g/mol. The molecule has 1 aliphatic heterocycles. The van der Waals surface area contributed by atoms with Crippen LogP contribution < -0.4 is 10.9 Å². The summed E-state index contributed by atoms with van der Waals surface area (Å²) in [5, 5.41) is 3.07. The van der Waals surface area contributed by atoms with E-state index in [9.17, 15) is 4.79 Å². The molecule has 1 aliphatic rings. The topological polar surface area (TPSA) is 67.0 Å². The van der Waals surface area contributed by atoms with Gasteiger partial charge in [-0.15, -0.1) is 0 Å². The number of nitrogens with zero attached hydrogens (tertiary/aromatic N) is 1. The lowest BCUT2D eigenvalue weighted by atomic mass is 10.1. The van der Waals surface area contributed by atoms with Gasteiger partial charge in [-0.05, 0) is 19.8 Å². The predicted molar refractivity (Wildman–Crippen MR) is 56.9 cm³/mol. The molecule has 0 spiro atoms. The predicted octanol–water partition coefficient (Wildman–Crippen LogP) is 0.749. The van der Waals surface area contributed by atoms with Gasteiger partial charge >= 0.3 is 0 Å². The summed E-state index contributed by atoms with van der Waals surface area (Å²) < 4.78 is 5.52. The second kappa shape index (κ2) is 4.44. The third-order valence-electron chi connectivity index (χ3n) is 2.59. The Morgan fingerprint density at radius 2 is 2.60 bits per heavy atom. The van der Waals surface area contributed by atoms with Crippen molar-refractivity contribution in [3.63, 3.8) is 0 Å². The van der Waals surface area contributed by atoms with Gasteiger partial charge < -0.3 is 15.0 Å². The average Bonchev–Trinajstić information content (AvgIpc) is 2.74. The molecule has 5 heteroatoms. The summed E-state index contributed by atoms with van der Waals surface area (Å²) in [5.41, 5.74) is -0.192. The molecule has 0 saturated carbocycles. The zero-order valence-corrected chi connectivity index (χ0v) is 8.69. The van der Waals surface area contributed by atoms with Crippen LogP contribution in [0.25, 0.3) is 0 Å². The van der Waals surface area contributed by atoms with Gasteiger partial charge in [-0.25, -0.2) is 4.98 Å². The van der Waals surface area contributed by atoms with E-state index in [0.717, 1.165) is 19.4 Å². The third kappa shape index (κ3) is 2.36. The molecule has 82 valence electrons. The first-order valence-corrected chi connectivity index (χ1v) is 5.19. The Morgan fingerprint density at radius 1 is 1.73 bits per heavy atom. The van der Waals surface area contributed by atoms with Crippen LogP contribution in [0, 0.1) is 0 Å². The molecule has 5 nitrogen and oxygen atoms in total. The average molecular weight is 209 g/mol. The molecular formula is C10H15N3O2. The van der Waals surface area contributed by atoms with E-state index < -0.39 is 0 Å². The molecule has 1 aromatic heterocycles. The number of hydrogen-bond acceptors (Lipinski definition) is 4. The van der Waals surface area contributed by atoms with Crippen LogP contribution in [-0.4, -0.2) is 28.7 Å². The van der Waals surface area contributed by atoms with Crippen LogP contribution in [0.3, 0.4) is 0 Å². The molecule has 2 rings (SSSR count). The molecule has 15 heavy (non-hydrogen) atoms. The van der Waals surface area contributed by atoms with Gasteiger partial charge in [0.05, 0.1) is 12.1 Å². The molecule has 2 N–H and O–H groups in total. The fourth-order valence-corrected chi connectivity index (χ4v) is 1.76. The molecular weight excluding hydrogens is 194 g/mol. The van der Waals surface area contributed by atoms with Crippen molar-refractivity contribution in [2.24, 2.45) is 0 Å². The van der Waals surface area contributed by atoms with E-state index in [2.05, 4.69) is 15.3 Å². The van der Waals surface area contributed by atoms with Crippen LogP contribution >= 0.6 is 0 Å². The Bertz CT molecular complexity index is 371. The first kappa shape index (κ1) is 10.2. The second-order valence-corrected chi connectivity index (χ2v) is 3.75. The van der Waals surface area contributed by atoms with E-state index >= 15 is 0 Å². The van der Waals surface area contributed by atoms with Crippen molar-refractivity contribution in [3.8, 4) is 0 Å². The highest BCUT2D eigenvalue weighted by Crippen LogP contribution is 2.16. The number of hydrogen-bond donors (Lipinski definition) is 2. The maximum atomic E-state index is 11.3. The van der Waals surface area contributed by atoms with Crippen molar-refractivity contribution >= 4 is 5.82 Å². The molecule has 0 radical (unpaired) electrons. The first-order chi connectivity index (χ1) is 7.27. The fraction of sp³-hybridized carbons (Fsp3) is 0.600. The van der Waals surface area contributed by atoms with Crippen LogP contribution in [0.5, 0.6) is 0 Å². The smallest absolute Gasteiger partial charge is 0.290 e. The normalized spacial score (nSPS) is 22.6. The van der Waals surface area contributed by atoms with E-state index in [1.54, 1.807) is 6.20 Å². The van der Waals surface area contributed by atoms with Crippen molar-refractivity contribution in [2.45, 2.75) is 31.9 Å². The summed E-state index contributed by atoms with van der Waals surface area (Å²) in [7, 11) is 0. The van der Waals surface area contributed by atoms with Gasteiger partial charge in [-0.1, -0.05) is 0 Å². The molecule has 0 aromatic carbocycles. The lowest BCUT2D eigenvalue weighted by Gasteiger charge is -2.19.